The number of rotatable bonds is 3. The third-order valence-corrected chi connectivity index (χ3v) is 3.83. The smallest absolute Gasteiger partial charge is 0.123 e. The molecule has 1 unspecified atom stereocenters. The van der Waals surface area contributed by atoms with Gasteiger partial charge in [-0.25, -0.2) is 4.39 Å². The van der Waals surface area contributed by atoms with Crippen LogP contribution in [0.1, 0.15) is 23.6 Å². The third-order valence-electron chi connectivity index (χ3n) is 3.83. The highest BCUT2D eigenvalue weighted by Gasteiger charge is 2.24. The molecule has 0 saturated carbocycles. The molecule has 0 aromatic heterocycles. The van der Waals surface area contributed by atoms with Crippen molar-refractivity contribution in [1.82, 2.24) is 0 Å². The summed E-state index contributed by atoms with van der Waals surface area (Å²) in [6.45, 7) is 2.76. The van der Waals surface area contributed by atoms with E-state index in [-0.39, 0.29) is 5.82 Å². The molecule has 3 heteroatoms. The summed E-state index contributed by atoms with van der Waals surface area (Å²) in [6, 6.07) is 12.7. The molecule has 2 N–H and O–H groups in total. The van der Waals surface area contributed by atoms with Crippen LogP contribution in [0.15, 0.2) is 42.5 Å². The van der Waals surface area contributed by atoms with Crippen molar-refractivity contribution in [3.05, 3.63) is 65.0 Å². The number of halogens is 1. The van der Waals surface area contributed by atoms with Crippen LogP contribution in [0.5, 0.6) is 5.75 Å². The summed E-state index contributed by atoms with van der Waals surface area (Å²) in [5.74, 6) is 0.744. The van der Waals surface area contributed by atoms with Crippen molar-refractivity contribution in [2.45, 2.75) is 25.3 Å². The molecule has 1 aliphatic rings. The molecule has 0 bridgehead atoms. The number of nitrogens with two attached hydrogens (primary N) is 1. The first-order valence-corrected chi connectivity index (χ1v) is 6.84. The van der Waals surface area contributed by atoms with Gasteiger partial charge in [0.25, 0.3) is 0 Å². The van der Waals surface area contributed by atoms with Crippen LogP contribution < -0.4 is 10.5 Å². The minimum atomic E-state index is -0.477. The first kappa shape index (κ1) is 13.1. The molecule has 1 atom stereocenters. The number of ether oxygens (including phenoxy) is 1. The number of hydrogen-bond donors (Lipinski definition) is 1. The normalized spacial score (nSPS) is 16.4. The van der Waals surface area contributed by atoms with E-state index in [2.05, 4.69) is 6.07 Å². The lowest BCUT2D eigenvalue weighted by Gasteiger charge is -2.26. The van der Waals surface area contributed by atoms with E-state index < -0.39 is 5.54 Å². The predicted molar refractivity (Wildman–Crippen MR) is 77.3 cm³/mol. The summed E-state index contributed by atoms with van der Waals surface area (Å²) in [5.41, 5.74) is 9.34. The zero-order valence-electron chi connectivity index (χ0n) is 11.5. The van der Waals surface area contributed by atoms with E-state index in [0.29, 0.717) is 6.42 Å². The maximum atomic E-state index is 12.9. The van der Waals surface area contributed by atoms with Gasteiger partial charge in [0, 0.05) is 12.0 Å². The monoisotopic (exact) mass is 271 g/mol. The van der Waals surface area contributed by atoms with Crippen molar-refractivity contribution in [1.29, 1.82) is 0 Å². The molecule has 1 aliphatic heterocycles. The second-order valence-corrected chi connectivity index (χ2v) is 5.64. The number of hydrogen-bond acceptors (Lipinski definition) is 2. The van der Waals surface area contributed by atoms with E-state index in [4.69, 9.17) is 10.5 Å². The van der Waals surface area contributed by atoms with Crippen LogP contribution in [-0.4, -0.2) is 6.61 Å². The first-order chi connectivity index (χ1) is 9.54. The molecule has 0 radical (unpaired) electrons. The van der Waals surface area contributed by atoms with Gasteiger partial charge in [-0.2, -0.15) is 0 Å². The Labute approximate surface area is 118 Å². The SMILES string of the molecule is CC(N)(Cc1ccc(F)cc1)c1ccc2c(c1)CCO2. The van der Waals surface area contributed by atoms with Crippen LogP contribution in [0.25, 0.3) is 0 Å². The van der Waals surface area contributed by atoms with Crippen molar-refractivity contribution in [3.8, 4) is 5.75 Å². The molecule has 0 fully saturated rings. The highest BCUT2D eigenvalue weighted by molar-refractivity contribution is 5.42. The Bertz CT molecular complexity index is 619. The standard InChI is InChI=1S/C17H18FNO/c1-17(19,11-12-2-5-15(18)6-3-12)14-4-7-16-13(10-14)8-9-20-16/h2-7,10H,8-9,11,19H2,1H3. The number of fused-ring (bicyclic) bond motifs is 1. The molecule has 104 valence electrons. The highest BCUT2D eigenvalue weighted by atomic mass is 19.1. The topological polar surface area (TPSA) is 35.2 Å². The van der Waals surface area contributed by atoms with Crippen molar-refractivity contribution in [2.24, 2.45) is 5.73 Å². The quantitative estimate of drug-likeness (QED) is 0.930. The van der Waals surface area contributed by atoms with Crippen LogP contribution in [0, 0.1) is 5.82 Å². The van der Waals surface area contributed by atoms with Crippen molar-refractivity contribution in [2.75, 3.05) is 6.61 Å². The van der Waals surface area contributed by atoms with Crippen molar-refractivity contribution >= 4 is 0 Å². The summed E-state index contributed by atoms with van der Waals surface area (Å²) in [5, 5.41) is 0. The molecule has 1 heterocycles. The maximum absolute atomic E-state index is 12.9. The maximum Gasteiger partial charge on any atom is 0.123 e. The van der Waals surface area contributed by atoms with Crippen LogP contribution >= 0.6 is 0 Å². The van der Waals surface area contributed by atoms with E-state index in [1.54, 1.807) is 12.1 Å². The summed E-state index contributed by atoms with van der Waals surface area (Å²) in [4.78, 5) is 0. The average molecular weight is 271 g/mol. The average Bonchev–Trinajstić information content (AvgIpc) is 2.88. The molecule has 0 saturated heterocycles. The zero-order chi connectivity index (χ0) is 14.2. The van der Waals surface area contributed by atoms with E-state index in [1.165, 1.54) is 17.7 Å². The summed E-state index contributed by atoms with van der Waals surface area (Å²) < 4.78 is 18.5. The lowest BCUT2D eigenvalue weighted by Crippen LogP contribution is -2.35. The lowest BCUT2D eigenvalue weighted by atomic mass is 9.85. The highest BCUT2D eigenvalue weighted by Crippen LogP contribution is 2.31. The minimum Gasteiger partial charge on any atom is -0.493 e. The molecule has 2 nitrogen and oxygen atoms in total. The minimum absolute atomic E-state index is 0.220. The van der Waals surface area contributed by atoms with Gasteiger partial charge in [-0.1, -0.05) is 24.3 Å². The second-order valence-electron chi connectivity index (χ2n) is 5.64. The second kappa shape index (κ2) is 4.91. The van der Waals surface area contributed by atoms with Gasteiger partial charge >= 0.3 is 0 Å². The van der Waals surface area contributed by atoms with Crippen molar-refractivity contribution < 1.29 is 9.13 Å². The number of benzene rings is 2. The van der Waals surface area contributed by atoms with E-state index in [0.717, 1.165) is 29.9 Å². The van der Waals surface area contributed by atoms with Gasteiger partial charge in [-0.15, -0.1) is 0 Å². The van der Waals surface area contributed by atoms with Crippen LogP contribution in [0.3, 0.4) is 0 Å². The molecule has 20 heavy (non-hydrogen) atoms. The Hall–Kier alpha value is -1.87. The summed E-state index contributed by atoms with van der Waals surface area (Å²) in [6.07, 6.45) is 1.61. The van der Waals surface area contributed by atoms with Gasteiger partial charge in [-0.3, -0.25) is 0 Å². The van der Waals surface area contributed by atoms with E-state index >= 15 is 0 Å². The fraction of sp³-hybridized carbons (Fsp3) is 0.294. The van der Waals surface area contributed by atoms with E-state index in [1.807, 2.05) is 19.1 Å². The predicted octanol–water partition coefficient (Wildman–Crippen LogP) is 3.18. The van der Waals surface area contributed by atoms with Crippen molar-refractivity contribution in [3.63, 3.8) is 0 Å². The molecule has 2 aromatic rings. The Morgan fingerprint density at radius 1 is 1.20 bits per heavy atom. The van der Waals surface area contributed by atoms with Crippen LogP contribution in [0.2, 0.25) is 0 Å². The Morgan fingerprint density at radius 3 is 2.70 bits per heavy atom. The molecule has 2 aromatic carbocycles. The largest absolute Gasteiger partial charge is 0.493 e. The summed E-state index contributed by atoms with van der Waals surface area (Å²) >= 11 is 0. The molecule has 0 amide bonds. The molecule has 3 rings (SSSR count). The molecular weight excluding hydrogens is 253 g/mol. The van der Waals surface area contributed by atoms with Gasteiger partial charge in [0.05, 0.1) is 6.61 Å². The van der Waals surface area contributed by atoms with Gasteiger partial charge < -0.3 is 10.5 Å². The van der Waals surface area contributed by atoms with Gasteiger partial charge in [-0.05, 0) is 48.2 Å². The van der Waals surface area contributed by atoms with E-state index in [9.17, 15) is 4.39 Å². The Morgan fingerprint density at radius 2 is 1.95 bits per heavy atom. The zero-order valence-corrected chi connectivity index (χ0v) is 11.5. The third kappa shape index (κ3) is 2.54. The fourth-order valence-electron chi connectivity index (χ4n) is 2.67. The molecular formula is C17H18FNO. The first-order valence-electron chi connectivity index (χ1n) is 6.84. The molecule has 0 aliphatic carbocycles. The van der Waals surface area contributed by atoms with Crippen LogP contribution in [0.4, 0.5) is 4.39 Å². The van der Waals surface area contributed by atoms with Crippen LogP contribution in [-0.2, 0) is 18.4 Å². The van der Waals surface area contributed by atoms with Gasteiger partial charge in [0.2, 0.25) is 0 Å². The summed E-state index contributed by atoms with van der Waals surface area (Å²) in [7, 11) is 0. The van der Waals surface area contributed by atoms with Gasteiger partial charge in [0.1, 0.15) is 11.6 Å². The lowest BCUT2D eigenvalue weighted by molar-refractivity contribution is 0.356. The fourth-order valence-corrected chi connectivity index (χ4v) is 2.67. The van der Waals surface area contributed by atoms with Gasteiger partial charge in [0.15, 0.2) is 0 Å². The Kier molecular flexibility index (Phi) is 3.22. The molecule has 0 spiro atoms. The Balaban J connectivity index is 1.85.